The van der Waals surface area contributed by atoms with E-state index in [1.807, 2.05) is 23.7 Å². The number of phenols is 1. The Balaban J connectivity index is 1.90. The maximum absolute atomic E-state index is 9.57. The summed E-state index contributed by atoms with van der Waals surface area (Å²) in [5.74, 6) is 0.673. The van der Waals surface area contributed by atoms with Crippen molar-refractivity contribution in [1.29, 1.82) is 0 Å². The summed E-state index contributed by atoms with van der Waals surface area (Å²) >= 11 is 1.67. The summed E-state index contributed by atoms with van der Waals surface area (Å²) in [7, 11) is 1.55. The molecule has 19 heavy (non-hydrogen) atoms. The van der Waals surface area contributed by atoms with Crippen molar-refractivity contribution in [1.82, 2.24) is 10.3 Å². The number of ether oxygens (including phenoxy) is 1. The normalized spacial score (nSPS) is 12.3. The molecule has 1 unspecified atom stereocenters. The second-order valence-electron chi connectivity index (χ2n) is 4.28. The lowest BCUT2D eigenvalue weighted by molar-refractivity contribution is 0.372. The van der Waals surface area contributed by atoms with Gasteiger partial charge in [0.15, 0.2) is 11.5 Å². The van der Waals surface area contributed by atoms with Gasteiger partial charge in [-0.2, -0.15) is 0 Å². The standard InChI is InChI=1S/C14H18N2O2S/c1-10(15-6-5-14-16-7-8-19-14)11-3-4-12(17)13(9-11)18-2/h3-4,7-10,15,17H,5-6H2,1-2H3. The molecule has 102 valence electrons. The van der Waals surface area contributed by atoms with E-state index in [4.69, 9.17) is 4.74 Å². The third-order valence-electron chi connectivity index (χ3n) is 2.98. The molecule has 0 aliphatic heterocycles. The lowest BCUT2D eigenvalue weighted by Gasteiger charge is -2.15. The van der Waals surface area contributed by atoms with Crippen LogP contribution in [0, 0.1) is 0 Å². The average molecular weight is 278 g/mol. The van der Waals surface area contributed by atoms with Crippen molar-refractivity contribution in [3.63, 3.8) is 0 Å². The third-order valence-corrected chi connectivity index (χ3v) is 3.82. The number of nitrogens with one attached hydrogen (secondary N) is 1. The Morgan fingerprint density at radius 3 is 3.00 bits per heavy atom. The van der Waals surface area contributed by atoms with E-state index in [0.29, 0.717) is 5.75 Å². The van der Waals surface area contributed by atoms with Gasteiger partial charge in [-0.3, -0.25) is 0 Å². The first-order chi connectivity index (χ1) is 9.20. The molecule has 2 N–H and O–H groups in total. The van der Waals surface area contributed by atoms with Gasteiger partial charge in [0.05, 0.1) is 12.1 Å². The van der Waals surface area contributed by atoms with Crippen LogP contribution in [0.1, 0.15) is 23.5 Å². The zero-order valence-corrected chi connectivity index (χ0v) is 11.9. The second-order valence-corrected chi connectivity index (χ2v) is 5.26. The molecule has 0 saturated heterocycles. The number of benzene rings is 1. The summed E-state index contributed by atoms with van der Waals surface area (Å²) in [6, 6.07) is 5.62. The highest BCUT2D eigenvalue weighted by atomic mass is 32.1. The van der Waals surface area contributed by atoms with Crippen molar-refractivity contribution in [3.8, 4) is 11.5 Å². The minimum atomic E-state index is 0.168. The van der Waals surface area contributed by atoms with Crippen molar-refractivity contribution in [2.24, 2.45) is 0 Å². The van der Waals surface area contributed by atoms with E-state index in [0.717, 1.165) is 23.5 Å². The SMILES string of the molecule is COc1cc(C(C)NCCc2nccs2)ccc1O. The lowest BCUT2D eigenvalue weighted by Crippen LogP contribution is -2.21. The van der Waals surface area contributed by atoms with Crippen molar-refractivity contribution in [2.75, 3.05) is 13.7 Å². The Bertz CT molecular complexity index is 514. The smallest absolute Gasteiger partial charge is 0.160 e. The fraction of sp³-hybridized carbons (Fsp3) is 0.357. The van der Waals surface area contributed by atoms with Gasteiger partial charge in [-0.25, -0.2) is 4.98 Å². The fourth-order valence-electron chi connectivity index (χ4n) is 1.85. The Morgan fingerprint density at radius 2 is 2.32 bits per heavy atom. The number of aromatic nitrogens is 1. The van der Waals surface area contributed by atoms with Crippen molar-refractivity contribution < 1.29 is 9.84 Å². The number of thiazole rings is 1. The number of rotatable bonds is 6. The number of hydrogen-bond donors (Lipinski definition) is 2. The molecule has 0 spiro atoms. The van der Waals surface area contributed by atoms with E-state index in [-0.39, 0.29) is 11.8 Å². The Kier molecular flexibility index (Phi) is 4.76. The number of aromatic hydroxyl groups is 1. The van der Waals surface area contributed by atoms with E-state index in [9.17, 15) is 5.11 Å². The van der Waals surface area contributed by atoms with Gasteiger partial charge in [0.2, 0.25) is 0 Å². The highest BCUT2D eigenvalue weighted by Gasteiger charge is 2.08. The van der Waals surface area contributed by atoms with Gasteiger partial charge in [0.1, 0.15) is 0 Å². The van der Waals surface area contributed by atoms with Gasteiger partial charge in [-0.15, -0.1) is 11.3 Å². The van der Waals surface area contributed by atoms with Crippen LogP contribution in [0.2, 0.25) is 0 Å². The maximum atomic E-state index is 9.57. The van der Waals surface area contributed by atoms with Crippen LogP contribution < -0.4 is 10.1 Å². The molecule has 1 atom stereocenters. The van der Waals surface area contributed by atoms with Gasteiger partial charge in [-0.1, -0.05) is 6.07 Å². The van der Waals surface area contributed by atoms with Crippen LogP contribution in [-0.4, -0.2) is 23.7 Å². The van der Waals surface area contributed by atoms with Crippen LogP contribution >= 0.6 is 11.3 Å². The van der Waals surface area contributed by atoms with E-state index < -0.39 is 0 Å². The maximum Gasteiger partial charge on any atom is 0.160 e. The number of hydrogen-bond acceptors (Lipinski definition) is 5. The molecule has 0 saturated carbocycles. The third kappa shape index (κ3) is 3.68. The van der Waals surface area contributed by atoms with Crippen LogP contribution in [0.5, 0.6) is 11.5 Å². The molecule has 0 aliphatic rings. The van der Waals surface area contributed by atoms with E-state index >= 15 is 0 Å². The van der Waals surface area contributed by atoms with Crippen LogP contribution in [0.25, 0.3) is 0 Å². The fourth-order valence-corrected chi connectivity index (χ4v) is 2.47. The van der Waals surface area contributed by atoms with Gasteiger partial charge >= 0.3 is 0 Å². The zero-order chi connectivity index (χ0) is 13.7. The van der Waals surface area contributed by atoms with Crippen LogP contribution in [0.15, 0.2) is 29.8 Å². The monoisotopic (exact) mass is 278 g/mol. The molecule has 1 aromatic carbocycles. The number of nitrogens with zero attached hydrogens (tertiary/aromatic N) is 1. The molecule has 0 aliphatic carbocycles. The average Bonchev–Trinajstić information content (AvgIpc) is 2.92. The topological polar surface area (TPSA) is 54.4 Å². The summed E-state index contributed by atoms with van der Waals surface area (Å²) in [6.07, 6.45) is 2.76. The Morgan fingerprint density at radius 1 is 1.47 bits per heavy atom. The van der Waals surface area contributed by atoms with Crippen LogP contribution in [0.3, 0.4) is 0 Å². The van der Waals surface area contributed by atoms with Gasteiger partial charge < -0.3 is 15.2 Å². The first-order valence-electron chi connectivity index (χ1n) is 6.19. The molecule has 0 radical (unpaired) electrons. The highest BCUT2D eigenvalue weighted by Crippen LogP contribution is 2.28. The first kappa shape index (κ1) is 13.8. The summed E-state index contributed by atoms with van der Waals surface area (Å²) < 4.78 is 5.11. The van der Waals surface area contributed by atoms with Crippen LogP contribution in [0.4, 0.5) is 0 Å². The Hall–Kier alpha value is -1.59. The molecular formula is C14H18N2O2S. The second kappa shape index (κ2) is 6.54. The zero-order valence-electron chi connectivity index (χ0n) is 11.1. The summed E-state index contributed by atoms with van der Waals surface area (Å²) in [5.41, 5.74) is 1.09. The molecule has 2 rings (SSSR count). The molecule has 0 fully saturated rings. The minimum Gasteiger partial charge on any atom is -0.504 e. The van der Waals surface area contributed by atoms with Gasteiger partial charge in [0.25, 0.3) is 0 Å². The predicted octanol–water partition coefficient (Wildman–Crippen LogP) is 2.75. The largest absolute Gasteiger partial charge is 0.504 e. The summed E-state index contributed by atoms with van der Waals surface area (Å²) in [6.45, 7) is 2.96. The highest BCUT2D eigenvalue weighted by molar-refractivity contribution is 7.09. The number of phenolic OH excluding ortho intramolecular Hbond substituents is 1. The van der Waals surface area contributed by atoms with E-state index in [1.165, 1.54) is 0 Å². The molecule has 0 amide bonds. The Labute approximate surface area is 117 Å². The molecule has 4 nitrogen and oxygen atoms in total. The van der Waals surface area contributed by atoms with Crippen molar-refractivity contribution >= 4 is 11.3 Å². The first-order valence-corrected chi connectivity index (χ1v) is 7.07. The van der Waals surface area contributed by atoms with E-state index in [1.54, 1.807) is 24.5 Å². The summed E-state index contributed by atoms with van der Waals surface area (Å²) in [5, 5.41) is 16.1. The van der Waals surface area contributed by atoms with Crippen molar-refractivity contribution in [3.05, 3.63) is 40.3 Å². The minimum absolute atomic E-state index is 0.168. The van der Waals surface area contributed by atoms with Gasteiger partial charge in [-0.05, 0) is 24.6 Å². The van der Waals surface area contributed by atoms with Crippen LogP contribution in [-0.2, 0) is 6.42 Å². The lowest BCUT2D eigenvalue weighted by atomic mass is 10.1. The van der Waals surface area contributed by atoms with E-state index in [2.05, 4.69) is 17.2 Å². The molecule has 1 aromatic heterocycles. The molecule has 2 aromatic rings. The predicted molar refractivity (Wildman–Crippen MR) is 76.9 cm³/mol. The van der Waals surface area contributed by atoms with Crippen molar-refractivity contribution in [2.45, 2.75) is 19.4 Å². The quantitative estimate of drug-likeness (QED) is 0.853. The summed E-state index contributed by atoms with van der Waals surface area (Å²) in [4.78, 5) is 4.25. The molecule has 1 heterocycles. The number of methoxy groups -OCH3 is 1. The molecular weight excluding hydrogens is 260 g/mol. The molecule has 5 heteroatoms. The van der Waals surface area contributed by atoms with Gasteiger partial charge in [0, 0.05) is 30.6 Å². The molecule has 0 bridgehead atoms.